The quantitative estimate of drug-likeness (QED) is 0.347. The lowest BCUT2D eigenvalue weighted by atomic mass is 9.90. The Morgan fingerprint density at radius 2 is 2.00 bits per heavy atom. The van der Waals surface area contributed by atoms with Gasteiger partial charge in [-0.1, -0.05) is 6.08 Å². The average molecular weight is 228 g/mol. The highest BCUT2D eigenvalue weighted by Gasteiger charge is 2.43. The maximum Gasteiger partial charge on any atom is 0.331 e. The summed E-state index contributed by atoms with van der Waals surface area (Å²) in [6.07, 6.45) is -2.17. The third-order valence-electron chi connectivity index (χ3n) is 2.19. The maximum absolute atomic E-state index is 11.3. The van der Waals surface area contributed by atoms with Gasteiger partial charge in [-0.05, 0) is 6.92 Å². The predicted molar refractivity (Wildman–Crippen MR) is 51.3 cm³/mol. The molecule has 6 heteroatoms. The number of allylic oxidation sites excluding steroid dienone is 1. The van der Waals surface area contributed by atoms with Crippen LogP contribution in [0.4, 0.5) is 0 Å². The molecule has 6 nitrogen and oxygen atoms in total. The molecule has 0 bridgehead atoms. The molecule has 3 atom stereocenters. The summed E-state index contributed by atoms with van der Waals surface area (Å²) in [7, 11) is 0. The first-order valence-corrected chi connectivity index (χ1v) is 4.75. The van der Waals surface area contributed by atoms with Gasteiger partial charge in [-0.2, -0.15) is 0 Å². The fourth-order valence-corrected chi connectivity index (χ4v) is 1.35. The van der Waals surface area contributed by atoms with Crippen molar-refractivity contribution in [1.82, 2.24) is 0 Å². The van der Waals surface area contributed by atoms with Gasteiger partial charge in [0.2, 0.25) is 11.6 Å². The number of ketones is 2. The fourth-order valence-electron chi connectivity index (χ4n) is 1.35. The molecule has 0 aromatic rings. The standard InChI is InChI=1S/C10H12O6/c1-2-3-7(12)16-6-4-5(11)8(13)10(15)9(6)14/h2-3,5-6,8,11,13H,4H2,1H3/t5-,6?,8-/m1/s1. The third kappa shape index (κ3) is 2.53. The van der Waals surface area contributed by atoms with Gasteiger partial charge in [0.1, 0.15) is 6.10 Å². The van der Waals surface area contributed by atoms with Crippen molar-refractivity contribution in [1.29, 1.82) is 0 Å². The minimum atomic E-state index is -1.72. The maximum atomic E-state index is 11.3. The summed E-state index contributed by atoms with van der Waals surface area (Å²) >= 11 is 0. The summed E-state index contributed by atoms with van der Waals surface area (Å²) in [4.78, 5) is 33.5. The summed E-state index contributed by atoms with van der Waals surface area (Å²) in [6.45, 7) is 1.59. The Balaban J connectivity index is 2.71. The molecule has 16 heavy (non-hydrogen) atoms. The summed E-state index contributed by atoms with van der Waals surface area (Å²) in [5, 5.41) is 18.3. The Bertz CT molecular complexity index is 345. The van der Waals surface area contributed by atoms with Crippen molar-refractivity contribution in [2.24, 2.45) is 0 Å². The molecular weight excluding hydrogens is 216 g/mol. The van der Waals surface area contributed by atoms with Gasteiger partial charge in [-0.25, -0.2) is 4.79 Å². The molecule has 0 radical (unpaired) electrons. The number of esters is 1. The van der Waals surface area contributed by atoms with E-state index in [1.54, 1.807) is 6.92 Å². The Hall–Kier alpha value is -1.53. The Morgan fingerprint density at radius 1 is 1.38 bits per heavy atom. The molecule has 0 saturated heterocycles. The molecule has 2 N–H and O–H groups in total. The molecule has 1 fully saturated rings. The number of Topliss-reactive ketones (excluding diaryl/α,β-unsaturated/α-hetero) is 2. The van der Waals surface area contributed by atoms with Crippen LogP contribution in [0.1, 0.15) is 13.3 Å². The number of aliphatic hydroxyl groups excluding tert-OH is 2. The number of carbonyl (C=O) groups excluding carboxylic acids is 3. The van der Waals surface area contributed by atoms with E-state index in [9.17, 15) is 19.5 Å². The molecule has 0 amide bonds. The van der Waals surface area contributed by atoms with Gasteiger partial charge in [0, 0.05) is 12.5 Å². The minimum absolute atomic E-state index is 0.269. The zero-order valence-electron chi connectivity index (χ0n) is 8.62. The molecule has 0 spiro atoms. The highest BCUT2D eigenvalue weighted by atomic mass is 16.5. The molecule has 0 aromatic carbocycles. The van der Waals surface area contributed by atoms with Crippen molar-refractivity contribution in [3.05, 3.63) is 12.2 Å². The second-order valence-electron chi connectivity index (χ2n) is 3.40. The predicted octanol–water partition coefficient (Wildman–Crippen LogP) is -1.26. The summed E-state index contributed by atoms with van der Waals surface area (Å²) in [5.41, 5.74) is 0. The van der Waals surface area contributed by atoms with Crippen molar-refractivity contribution < 1.29 is 29.3 Å². The highest BCUT2D eigenvalue weighted by Crippen LogP contribution is 2.16. The Kier molecular flexibility index (Phi) is 3.92. The molecule has 1 unspecified atom stereocenters. The van der Waals surface area contributed by atoms with Crippen LogP contribution in [0.3, 0.4) is 0 Å². The van der Waals surface area contributed by atoms with E-state index in [1.807, 2.05) is 0 Å². The van der Waals surface area contributed by atoms with Crippen LogP contribution in [0.25, 0.3) is 0 Å². The van der Waals surface area contributed by atoms with Gasteiger partial charge in [0.15, 0.2) is 6.10 Å². The van der Waals surface area contributed by atoms with E-state index in [4.69, 9.17) is 5.11 Å². The summed E-state index contributed by atoms with van der Waals surface area (Å²) in [5.74, 6) is -2.88. The van der Waals surface area contributed by atoms with E-state index in [1.165, 1.54) is 6.08 Å². The topological polar surface area (TPSA) is 101 Å². The molecule has 0 heterocycles. The second kappa shape index (κ2) is 5.00. The Labute approximate surface area is 91.5 Å². The van der Waals surface area contributed by atoms with Gasteiger partial charge >= 0.3 is 5.97 Å². The number of hydrogen-bond donors (Lipinski definition) is 2. The van der Waals surface area contributed by atoms with E-state index in [0.717, 1.165) is 6.08 Å². The lowest BCUT2D eigenvalue weighted by Gasteiger charge is -2.26. The van der Waals surface area contributed by atoms with E-state index < -0.39 is 35.8 Å². The molecular formula is C10H12O6. The molecule has 0 aromatic heterocycles. The van der Waals surface area contributed by atoms with E-state index in [0.29, 0.717) is 0 Å². The van der Waals surface area contributed by atoms with E-state index >= 15 is 0 Å². The van der Waals surface area contributed by atoms with Crippen LogP contribution in [0.2, 0.25) is 0 Å². The van der Waals surface area contributed by atoms with Gasteiger partial charge in [0.05, 0.1) is 6.10 Å². The van der Waals surface area contributed by atoms with Crippen LogP contribution in [0, 0.1) is 0 Å². The van der Waals surface area contributed by atoms with Crippen molar-refractivity contribution in [2.45, 2.75) is 31.7 Å². The van der Waals surface area contributed by atoms with Crippen LogP contribution >= 0.6 is 0 Å². The van der Waals surface area contributed by atoms with Crippen molar-refractivity contribution in [2.75, 3.05) is 0 Å². The summed E-state index contributed by atoms with van der Waals surface area (Å²) < 4.78 is 4.67. The van der Waals surface area contributed by atoms with Gasteiger partial charge in [-0.3, -0.25) is 9.59 Å². The first-order chi connectivity index (χ1) is 7.47. The van der Waals surface area contributed by atoms with Crippen LogP contribution in [-0.2, 0) is 19.1 Å². The first kappa shape index (κ1) is 12.5. The van der Waals surface area contributed by atoms with E-state index in [2.05, 4.69) is 4.74 Å². The van der Waals surface area contributed by atoms with Crippen molar-refractivity contribution in [3.8, 4) is 0 Å². The first-order valence-electron chi connectivity index (χ1n) is 4.75. The number of hydrogen-bond acceptors (Lipinski definition) is 6. The van der Waals surface area contributed by atoms with Crippen LogP contribution in [-0.4, -0.2) is 46.1 Å². The normalized spacial score (nSPS) is 30.8. The third-order valence-corrected chi connectivity index (χ3v) is 2.19. The zero-order valence-corrected chi connectivity index (χ0v) is 8.62. The fraction of sp³-hybridized carbons (Fsp3) is 0.500. The lowest BCUT2D eigenvalue weighted by Crippen LogP contribution is -2.51. The molecule has 1 saturated carbocycles. The van der Waals surface area contributed by atoms with Gasteiger partial charge in [-0.15, -0.1) is 0 Å². The lowest BCUT2D eigenvalue weighted by molar-refractivity contribution is -0.165. The zero-order chi connectivity index (χ0) is 12.3. The Morgan fingerprint density at radius 3 is 2.56 bits per heavy atom. The number of aliphatic hydroxyl groups is 2. The van der Waals surface area contributed by atoms with Gasteiger partial charge in [0.25, 0.3) is 0 Å². The smallest absolute Gasteiger partial charge is 0.331 e. The van der Waals surface area contributed by atoms with Gasteiger partial charge < -0.3 is 14.9 Å². The van der Waals surface area contributed by atoms with Crippen molar-refractivity contribution >= 4 is 17.5 Å². The largest absolute Gasteiger partial charge is 0.451 e. The van der Waals surface area contributed by atoms with E-state index in [-0.39, 0.29) is 6.42 Å². The monoisotopic (exact) mass is 228 g/mol. The van der Waals surface area contributed by atoms with Crippen LogP contribution in [0.15, 0.2) is 12.2 Å². The second-order valence-corrected chi connectivity index (χ2v) is 3.40. The molecule has 0 aliphatic heterocycles. The minimum Gasteiger partial charge on any atom is -0.451 e. The molecule has 1 aliphatic rings. The molecule has 1 aliphatic carbocycles. The van der Waals surface area contributed by atoms with Crippen molar-refractivity contribution in [3.63, 3.8) is 0 Å². The summed E-state index contributed by atoms with van der Waals surface area (Å²) in [6, 6.07) is 0. The number of ether oxygens (including phenoxy) is 1. The molecule has 1 rings (SSSR count). The number of carbonyl (C=O) groups is 3. The SMILES string of the molecule is CC=CC(=O)OC1C[C@@H](O)[C@@H](O)C(=O)C1=O. The highest BCUT2D eigenvalue weighted by molar-refractivity contribution is 6.41. The van der Waals surface area contributed by atoms with Crippen LogP contribution < -0.4 is 0 Å². The van der Waals surface area contributed by atoms with Crippen LogP contribution in [0.5, 0.6) is 0 Å². The number of rotatable bonds is 2. The average Bonchev–Trinajstić information content (AvgIpc) is 2.23. The molecule has 88 valence electrons.